The number of aryl methyl sites for hydroxylation is 1. The van der Waals surface area contributed by atoms with E-state index in [1.807, 2.05) is 64.5 Å². The predicted molar refractivity (Wildman–Crippen MR) is 256 cm³/mol. The van der Waals surface area contributed by atoms with Gasteiger partial charge in [0.05, 0.1) is 35.4 Å². The van der Waals surface area contributed by atoms with Crippen molar-refractivity contribution in [1.82, 2.24) is 39.3 Å². The van der Waals surface area contributed by atoms with Crippen molar-refractivity contribution < 1.29 is 14.8 Å². The zero-order valence-corrected chi connectivity index (χ0v) is 38.5. The highest BCUT2D eigenvalue weighted by atomic mass is 16.5. The molecule has 0 bridgehead atoms. The zero-order valence-electron chi connectivity index (χ0n) is 38.5. The lowest BCUT2D eigenvalue weighted by Gasteiger charge is -2.34. The van der Waals surface area contributed by atoms with Crippen LogP contribution in [0.25, 0.3) is 33.6 Å². The first-order valence-electron chi connectivity index (χ1n) is 24.1. The molecule has 11 heteroatoms. The Bertz CT molecular complexity index is 2560. The molecule has 2 amide bonds. The van der Waals surface area contributed by atoms with Gasteiger partial charge in [-0.1, -0.05) is 131 Å². The zero-order chi connectivity index (χ0) is 45.0. The topological polar surface area (TPSA) is 114 Å². The van der Waals surface area contributed by atoms with E-state index in [1.165, 1.54) is 10.3 Å². The van der Waals surface area contributed by atoms with Crippen LogP contribution in [0.2, 0.25) is 0 Å². The number of likely N-dealkylation sites (N-methyl/N-ethyl adjacent to an activating group) is 2. The Morgan fingerprint density at radius 1 is 0.677 bits per heavy atom. The van der Waals surface area contributed by atoms with Gasteiger partial charge in [0.15, 0.2) is 5.82 Å². The fourth-order valence-electron chi connectivity index (χ4n) is 10.8. The van der Waals surface area contributed by atoms with Gasteiger partial charge < -0.3 is 20.0 Å². The standard InChI is InChI=1S/C54H64N8O3/c1-5-58(6-2)49(39-19-11-9-12-20-39)53(63)60-33-17-25-46(60)51-55-36-44(56-51)38-29-27-37(28-30-38)41-31-32-43-42(35-41)23-15-16-24-45-48(43)57-52(62(45)65)47-26-18-34-61(47)54(64)50(59(7-3)8-4)40-21-13-10-14-22-40/h9-14,19-22,27-32,35-36,46-47,49-50,65H,5-8,15-18,23-26,33-34H2,1-4H3,(H,55,56)/t46-,47-,49+,50+/m0/s1. The van der Waals surface area contributed by atoms with E-state index in [2.05, 4.69) is 97.1 Å². The fourth-order valence-corrected chi connectivity index (χ4v) is 10.8. The van der Waals surface area contributed by atoms with Crippen LogP contribution in [0.1, 0.15) is 124 Å². The number of rotatable bonds is 14. The molecule has 0 saturated carbocycles. The van der Waals surface area contributed by atoms with Gasteiger partial charge in [0.25, 0.3) is 0 Å². The van der Waals surface area contributed by atoms with E-state index < -0.39 is 6.04 Å². The van der Waals surface area contributed by atoms with Gasteiger partial charge >= 0.3 is 0 Å². The summed E-state index contributed by atoms with van der Waals surface area (Å²) < 4.78 is 1.32. The highest BCUT2D eigenvalue weighted by Crippen LogP contribution is 2.41. The van der Waals surface area contributed by atoms with Crippen LogP contribution in [0, 0.1) is 0 Å². The smallest absolute Gasteiger partial charge is 0.245 e. The van der Waals surface area contributed by atoms with E-state index in [1.54, 1.807) is 0 Å². The average Bonchev–Trinajstić information content (AvgIpc) is 4.18. The van der Waals surface area contributed by atoms with Crippen LogP contribution in [-0.4, -0.2) is 95.6 Å². The maximum absolute atomic E-state index is 14.6. The number of aromatic nitrogens is 4. The van der Waals surface area contributed by atoms with Crippen molar-refractivity contribution in [2.45, 2.75) is 103 Å². The van der Waals surface area contributed by atoms with E-state index in [9.17, 15) is 14.8 Å². The molecule has 338 valence electrons. The number of imidazole rings is 2. The molecule has 9 rings (SSSR count). The minimum absolute atomic E-state index is 0.0671. The van der Waals surface area contributed by atoms with Crippen LogP contribution in [0.5, 0.6) is 0 Å². The van der Waals surface area contributed by atoms with Crippen LogP contribution in [0.3, 0.4) is 0 Å². The molecule has 2 aliphatic heterocycles. The normalized spacial score (nSPS) is 18.4. The minimum Gasteiger partial charge on any atom is -0.427 e. The molecule has 0 unspecified atom stereocenters. The van der Waals surface area contributed by atoms with Gasteiger partial charge in [-0.05, 0) is 111 Å². The Labute approximate surface area is 384 Å². The number of fused-ring (bicyclic) bond motifs is 3. The van der Waals surface area contributed by atoms with Crippen molar-refractivity contribution >= 4 is 11.8 Å². The number of benzene rings is 4. The van der Waals surface area contributed by atoms with Gasteiger partial charge in [-0.3, -0.25) is 19.4 Å². The van der Waals surface area contributed by atoms with Crippen molar-refractivity contribution in [2.24, 2.45) is 0 Å². The molecule has 2 aromatic heterocycles. The predicted octanol–water partition coefficient (Wildman–Crippen LogP) is 10.2. The third-order valence-electron chi connectivity index (χ3n) is 14.3. The SMILES string of the molecule is CCN(CC)[C@@H](C(=O)N1CCC[C@H]1c1ncc(-c2ccc(-c3ccc4c(c3)CCCCc3c-4nc([C@@H]4CCCN4C(=O)[C@@H](c4ccccc4)N(CC)CC)n3O)cc2)[nH]1)c1ccccc1. The Morgan fingerprint density at radius 2 is 1.22 bits per heavy atom. The summed E-state index contributed by atoms with van der Waals surface area (Å²) in [5.41, 5.74) is 10.1. The number of amides is 2. The monoisotopic (exact) mass is 873 g/mol. The van der Waals surface area contributed by atoms with E-state index in [4.69, 9.17) is 9.97 Å². The maximum Gasteiger partial charge on any atom is 0.245 e. The molecule has 6 aromatic rings. The summed E-state index contributed by atoms with van der Waals surface area (Å²) in [6.07, 6.45) is 8.92. The third kappa shape index (κ3) is 8.64. The molecule has 2 saturated heterocycles. The fraction of sp³-hybridized carbons (Fsp3) is 0.407. The summed E-state index contributed by atoms with van der Waals surface area (Å²) in [5, 5.41) is 11.9. The number of hydrogen-bond donors (Lipinski definition) is 2. The Hall–Kier alpha value is -6.04. The Balaban J connectivity index is 0.941. The molecule has 1 aliphatic carbocycles. The number of nitrogens with zero attached hydrogens (tertiary/aromatic N) is 7. The second-order valence-electron chi connectivity index (χ2n) is 17.9. The van der Waals surface area contributed by atoms with Gasteiger partial charge in [0.2, 0.25) is 11.8 Å². The molecule has 11 nitrogen and oxygen atoms in total. The van der Waals surface area contributed by atoms with Crippen LogP contribution in [0.4, 0.5) is 0 Å². The average molecular weight is 873 g/mol. The number of likely N-dealkylation sites (tertiary alicyclic amines) is 2. The molecule has 3 aliphatic rings. The van der Waals surface area contributed by atoms with E-state index in [0.717, 1.165) is 140 Å². The molecular weight excluding hydrogens is 809 g/mol. The number of hydrogen-bond acceptors (Lipinski definition) is 7. The summed E-state index contributed by atoms with van der Waals surface area (Å²) in [6, 6.07) is 34.4. The number of aromatic amines is 1. The molecule has 4 aromatic carbocycles. The lowest BCUT2D eigenvalue weighted by Crippen LogP contribution is -2.43. The van der Waals surface area contributed by atoms with Crippen LogP contribution in [-0.2, 0) is 22.4 Å². The van der Waals surface area contributed by atoms with Crippen molar-refractivity contribution in [3.8, 4) is 33.6 Å². The highest BCUT2D eigenvalue weighted by molar-refractivity contribution is 5.85. The summed E-state index contributed by atoms with van der Waals surface area (Å²) in [7, 11) is 0. The van der Waals surface area contributed by atoms with Crippen molar-refractivity contribution in [1.29, 1.82) is 0 Å². The molecular formula is C54H64N8O3. The van der Waals surface area contributed by atoms with Crippen LogP contribution < -0.4 is 0 Å². The summed E-state index contributed by atoms with van der Waals surface area (Å²) >= 11 is 0. The van der Waals surface area contributed by atoms with Crippen LogP contribution >= 0.6 is 0 Å². The van der Waals surface area contributed by atoms with Crippen molar-refractivity contribution in [3.05, 3.63) is 143 Å². The summed E-state index contributed by atoms with van der Waals surface area (Å²) in [6.45, 7) is 12.9. The van der Waals surface area contributed by atoms with Gasteiger partial charge in [-0.2, -0.15) is 4.73 Å². The summed E-state index contributed by atoms with van der Waals surface area (Å²) in [4.78, 5) is 51.1. The Morgan fingerprint density at radius 3 is 1.82 bits per heavy atom. The lowest BCUT2D eigenvalue weighted by atomic mass is 9.90. The van der Waals surface area contributed by atoms with Crippen molar-refractivity contribution in [3.63, 3.8) is 0 Å². The van der Waals surface area contributed by atoms with E-state index in [-0.39, 0.29) is 29.9 Å². The van der Waals surface area contributed by atoms with Crippen molar-refractivity contribution in [2.75, 3.05) is 39.3 Å². The summed E-state index contributed by atoms with van der Waals surface area (Å²) in [5.74, 6) is 1.60. The molecule has 2 N–H and O–H groups in total. The first kappa shape index (κ1) is 44.2. The molecule has 0 spiro atoms. The number of carbonyl (C=O) groups is 2. The maximum atomic E-state index is 14.6. The number of H-pyrrole nitrogens is 1. The molecule has 4 atom stereocenters. The first-order chi connectivity index (χ1) is 31.8. The van der Waals surface area contributed by atoms with Gasteiger partial charge in [-0.25, -0.2) is 9.97 Å². The minimum atomic E-state index is -0.392. The lowest BCUT2D eigenvalue weighted by molar-refractivity contribution is -0.139. The molecule has 65 heavy (non-hydrogen) atoms. The first-order valence-corrected chi connectivity index (χ1v) is 24.1. The Kier molecular flexibility index (Phi) is 13.3. The van der Waals surface area contributed by atoms with Gasteiger partial charge in [0.1, 0.15) is 17.9 Å². The number of carbonyl (C=O) groups excluding carboxylic acids is 2. The molecule has 4 heterocycles. The van der Waals surface area contributed by atoms with Crippen LogP contribution in [0.15, 0.2) is 109 Å². The molecule has 0 radical (unpaired) electrons. The second-order valence-corrected chi connectivity index (χ2v) is 17.9. The second kappa shape index (κ2) is 19.6. The third-order valence-corrected chi connectivity index (χ3v) is 14.3. The number of nitrogens with one attached hydrogen (secondary N) is 1. The molecule has 2 fully saturated rings. The van der Waals surface area contributed by atoms with E-state index >= 15 is 0 Å². The van der Waals surface area contributed by atoms with Gasteiger partial charge in [-0.15, -0.1) is 0 Å². The van der Waals surface area contributed by atoms with E-state index in [0.29, 0.717) is 12.4 Å². The largest absolute Gasteiger partial charge is 0.427 e. The quantitative estimate of drug-likeness (QED) is 0.105. The van der Waals surface area contributed by atoms with Gasteiger partial charge in [0, 0.05) is 18.7 Å². The highest BCUT2D eigenvalue weighted by Gasteiger charge is 2.41.